The van der Waals surface area contributed by atoms with E-state index in [0.717, 1.165) is 13.1 Å². The lowest BCUT2D eigenvalue weighted by molar-refractivity contribution is 0.199. The van der Waals surface area contributed by atoms with Crippen molar-refractivity contribution in [2.24, 2.45) is 5.92 Å². The molecule has 0 aliphatic heterocycles. The van der Waals surface area contributed by atoms with Gasteiger partial charge in [0.25, 0.3) is 0 Å². The molecule has 1 rings (SSSR count). The molecule has 0 heterocycles. The van der Waals surface area contributed by atoms with Crippen molar-refractivity contribution in [2.45, 2.75) is 66.2 Å². The molecule has 0 aliphatic carbocycles. The standard InChI is InChI=1S/C21H34N2/c1-17(2)21(14-11-15-23(18(3)4)19(5)6)22(7)16-20-12-9-8-10-13-20/h8-10,12-13,17-19,21H,15-16H2,1-7H3/t21-/m1/s1. The van der Waals surface area contributed by atoms with Crippen LogP contribution in [-0.2, 0) is 6.54 Å². The van der Waals surface area contributed by atoms with Gasteiger partial charge in [-0.15, -0.1) is 0 Å². The summed E-state index contributed by atoms with van der Waals surface area (Å²) < 4.78 is 0. The van der Waals surface area contributed by atoms with Crippen molar-refractivity contribution in [3.05, 3.63) is 35.9 Å². The Kier molecular flexibility index (Phi) is 8.37. The normalized spacial score (nSPS) is 13.0. The second-order valence-corrected chi connectivity index (χ2v) is 7.27. The van der Waals surface area contributed by atoms with Crippen molar-refractivity contribution in [3.63, 3.8) is 0 Å². The minimum atomic E-state index is 0.288. The van der Waals surface area contributed by atoms with E-state index >= 15 is 0 Å². The summed E-state index contributed by atoms with van der Waals surface area (Å²) >= 11 is 0. The summed E-state index contributed by atoms with van der Waals surface area (Å²) in [7, 11) is 2.18. The maximum absolute atomic E-state index is 3.51. The lowest BCUT2D eigenvalue weighted by atomic mass is 10.0. The average Bonchev–Trinajstić information content (AvgIpc) is 2.46. The molecule has 0 aromatic heterocycles. The Morgan fingerprint density at radius 3 is 1.96 bits per heavy atom. The molecule has 0 N–H and O–H groups in total. The largest absolute Gasteiger partial charge is 0.288 e. The average molecular weight is 315 g/mol. The summed E-state index contributed by atoms with van der Waals surface area (Å²) in [6.45, 7) is 15.2. The molecule has 0 saturated carbocycles. The van der Waals surface area contributed by atoms with E-state index in [-0.39, 0.29) is 6.04 Å². The first-order valence-corrected chi connectivity index (χ1v) is 8.81. The number of hydrogen-bond donors (Lipinski definition) is 0. The Bertz CT molecular complexity index is 486. The molecule has 1 atom stereocenters. The fourth-order valence-electron chi connectivity index (χ4n) is 2.96. The molecule has 0 fully saturated rings. The van der Waals surface area contributed by atoms with E-state index in [1.54, 1.807) is 0 Å². The quantitative estimate of drug-likeness (QED) is 0.694. The molecule has 0 bridgehead atoms. The maximum Gasteiger partial charge on any atom is 0.0738 e. The predicted octanol–water partition coefficient (Wildman–Crippen LogP) is 4.27. The molecule has 0 amide bonds. The molecule has 2 heteroatoms. The van der Waals surface area contributed by atoms with Crippen molar-refractivity contribution in [2.75, 3.05) is 13.6 Å². The van der Waals surface area contributed by atoms with Crippen molar-refractivity contribution in [1.29, 1.82) is 0 Å². The summed E-state index contributed by atoms with van der Waals surface area (Å²) in [5, 5.41) is 0. The van der Waals surface area contributed by atoms with Crippen LogP contribution in [0.5, 0.6) is 0 Å². The Labute approximate surface area is 143 Å². The van der Waals surface area contributed by atoms with Crippen LogP contribution in [-0.4, -0.2) is 41.5 Å². The molecule has 2 nitrogen and oxygen atoms in total. The van der Waals surface area contributed by atoms with Gasteiger partial charge in [-0.3, -0.25) is 9.80 Å². The minimum absolute atomic E-state index is 0.288. The molecule has 0 unspecified atom stereocenters. The Morgan fingerprint density at radius 2 is 1.48 bits per heavy atom. The van der Waals surface area contributed by atoms with Gasteiger partial charge in [-0.25, -0.2) is 0 Å². The second-order valence-electron chi connectivity index (χ2n) is 7.27. The van der Waals surface area contributed by atoms with Crippen LogP contribution in [0.1, 0.15) is 47.1 Å². The summed E-state index contributed by atoms with van der Waals surface area (Å²) in [5.74, 6) is 7.46. The van der Waals surface area contributed by atoms with Crippen molar-refractivity contribution in [3.8, 4) is 11.8 Å². The van der Waals surface area contributed by atoms with Gasteiger partial charge in [0.15, 0.2) is 0 Å². The van der Waals surface area contributed by atoms with Gasteiger partial charge in [-0.1, -0.05) is 56.0 Å². The SMILES string of the molecule is CC(C)[C@@H](C#CCN(C(C)C)C(C)C)N(C)Cc1ccccc1. The molecule has 1 aromatic rings. The van der Waals surface area contributed by atoms with Gasteiger partial charge in [0.05, 0.1) is 12.6 Å². The van der Waals surface area contributed by atoms with E-state index in [0.29, 0.717) is 18.0 Å². The lowest BCUT2D eigenvalue weighted by Gasteiger charge is -2.29. The lowest BCUT2D eigenvalue weighted by Crippen LogP contribution is -2.38. The highest BCUT2D eigenvalue weighted by Gasteiger charge is 2.17. The van der Waals surface area contributed by atoms with E-state index < -0.39 is 0 Å². The molecule has 0 radical (unpaired) electrons. The third-order valence-corrected chi connectivity index (χ3v) is 4.22. The first-order chi connectivity index (χ1) is 10.8. The zero-order valence-corrected chi connectivity index (χ0v) is 16.0. The van der Waals surface area contributed by atoms with Crippen LogP contribution in [0.2, 0.25) is 0 Å². The fourth-order valence-corrected chi connectivity index (χ4v) is 2.96. The third-order valence-electron chi connectivity index (χ3n) is 4.22. The zero-order valence-electron chi connectivity index (χ0n) is 16.0. The van der Waals surface area contributed by atoms with Gasteiger partial charge in [0, 0.05) is 18.6 Å². The Morgan fingerprint density at radius 1 is 0.913 bits per heavy atom. The fraction of sp³-hybridized carbons (Fsp3) is 0.619. The molecule has 0 aliphatic rings. The smallest absolute Gasteiger partial charge is 0.0738 e. The van der Waals surface area contributed by atoms with Crippen molar-refractivity contribution >= 4 is 0 Å². The number of nitrogens with zero attached hydrogens (tertiary/aromatic N) is 2. The van der Waals surface area contributed by atoms with Gasteiger partial charge in [-0.05, 0) is 46.2 Å². The van der Waals surface area contributed by atoms with E-state index in [2.05, 4.69) is 101 Å². The van der Waals surface area contributed by atoms with Gasteiger partial charge < -0.3 is 0 Å². The summed E-state index contributed by atoms with van der Waals surface area (Å²) in [6, 6.07) is 12.0. The monoisotopic (exact) mass is 314 g/mol. The van der Waals surface area contributed by atoms with Crippen LogP contribution in [0.4, 0.5) is 0 Å². The highest BCUT2D eigenvalue weighted by atomic mass is 15.2. The third kappa shape index (κ3) is 6.77. The minimum Gasteiger partial charge on any atom is -0.288 e. The molecule has 23 heavy (non-hydrogen) atoms. The zero-order chi connectivity index (χ0) is 17.4. The molecule has 0 saturated heterocycles. The van der Waals surface area contributed by atoms with Gasteiger partial charge in [0.2, 0.25) is 0 Å². The van der Waals surface area contributed by atoms with E-state index in [9.17, 15) is 0 Å². The predicted molar refractivity (Wildman–Crippen MR) is 101 cm³/mol. The number of benzene rings is 1. The molecular weight excluding hydrogens is 280 g/mol. The van der Waals surface area contributed by atoms with Crippen LogP contribution >= 0.6 is 0 Å². The number of rotatable bonds is 7. The topological polar surface area (TPSA) is 6.48 Å². The Hall–Kier alpha value is -1.30. The van der Waals surface area contributed by atoms with E-state index in [4.69, 9.17) is 0 Å². The summed E-state index contributed by atoms with van der Waals surface area (Å²) in [5.41, 5.74) is 1.34. The maximum atomic E-state index is 3.51. The van der Waals surface area contributed by atoms with Gasteiger partial charge >= 0.3 is 0 Å². The van der Waals surface area contributed by atoms with E-state index in [1.165, 1.54) is 5.56 Å². The van der Waals surface area contributed by atoms with Crippen LogP contribution in [0, 0.1) is 17.8 Å². The molecule has 128 valence electrons. The summed E-state index contributed by atoms with van der Waals surface area (Å²) in [4.78, 5) is 4.80. The summed E-state index contributed by atoms with van der Waals surface area (Å²) in [6.07, 6.45) is 0. The Balaban J connectivity index is 2.74. The van der Waals surface area contributed by atoms with E-state index in [1.807, 2.05) is 0 Å². The van der Waals surface area contributed by atoms with Crippen LogP contribution < -0.4 is 0 Å². The van der Waals surface area contributed by atoms with Crippen LogP contribution in [0.15, 0.2) is 30.3 Å². The first kappa shape index (κ1) is 19.7. The van der Waals surface area contributed by atoms with Crippen LogP contribution in [0.3, 0.4) is 0 Å². The molecule has 0 spiro atoms. The van der Waals surface area contributed by atoms with Gasteiger partial charge in [-0.2, -0.15) is 0 Å². The van der Waals surface area contributed by atoms with Crippen LogP contribution in [0.25, 0.3) is 0 Å². The molecule has 1 aromatic carbocycles. The molecular formula is C21H34N2. The van der Waals surface area contributed by atoms with Crippen molar-refractivity contribution in [1.82, 2.24) is 9.80 Å². The van der Waals surface area contributed by atoms with Gasteiger partial charge in [0.1, 0.15) is 0 Å². The number of hydrogen-bond acceptors (Lipinski definition) is 2. The highest BCUT2D eigenvalue weighted by Crippen LogP contribution is 2.12. The van der Waals surface area contributed by atoms with Crippen molar-refractivity contribution < 1.29 is 0 Å². The first-order valence-electron chi connectivity index (χ1n) is 8.81. The highest BCUT2D eigenvalue weighted by molar-refractivity contribution is 5.16. The second kappa shape index (κ2) is 9.75.